The van der Waals surface area contributed by atoms with E-state index in [0.717, 1.165) is 31.7 Å². The maximum absolute atomic E-state index is 11.6. The fourth-order valence-electron chi connectivity index (χ4n) is 3.86. The Labute approximate surface area is 117 Å². The van der Waals surface area contributed by atoms with Crippen LogP contribution >= 0.6 is 0 Å². The highest BCUT2D eigenvalue weighted by atomic mass is 32.2. The highest BCUT2D eigenvalue weighted by Gasteiger charge is 2.30. The highest BCUT2D eigenvalue weighted by molar-refractivity contribution is 7.88. The predicted octanol–water partition coefficient (Wildman–Crippen LogP) is 1.81. The summed E-state index contributed by atoms with van der Waals surface area (Å²) >= 11 is 0. The van der Waals surface area contributed by atoms with Crippen LogP contribution in [0.3, 0.4) is 0 Å². The van der Waals surface area contributed by atoms with E-state index in [9.17, 15) is 8.42 Å². The van der Waals surface area contributed by atoms with Gasteiger partial charge in [-0.15, -0.1) is 0 Å². The van der Waals surface area contributed by atoms with Gasteiger partial charge < -0.3 is 5.73 Å². The minimum Gasteiger partial charge on any atom is -0.330 e. The number of piperidine rings is 1. The van der Waals surface area contributed by atoms with E-state index in [4.69, 9.17) is 5.73 Å². The molecule has 1 heterocycles. The second kappa shape index (κ2) is 6.55. The van der Waals surface area contributed by atoms with Gasteiger partial charge in [-0.1, -0.05) is 25.7 Å². The van der Waals surface area contributed by atoms with E-state index in [1.54, 1.807) is 4.31 Å². The zero-order valence-corrected chi connectivity index (χ0v) is 12.9. The molecule has 0 spiro atoms. The highest BCUT2D eigenvalue weighted by Crippen LogP contribution is 2.36. The van der Waals surface area contributed by atoms with E-state index >= 15 is 0 Å². The third-order valence-electron chi connectivity index (χ3n) is 4.96. The average molecular weight is 288 g/mol. The molecular formula is C14H28N2O2S. The monoisotopic (exact) mass is 288 g/mol. The molecule has 19 heavy (non-hydrogen) atoms. The number of sulfonamides is 1. The van der Waals surface area contributed by atoms with Crippen molar-refractivity contribution < 1.29 is 8.42 Å². The van der Waals surface area contributed by atoms with Crippen molar-refractivity contribution in [2.75, 3.05) is 25.9 Å². The van der Waals surface area contributed by atoms with Gasteiger partial charge in [0.1, 0.15) is 0 Å². The van der Waals surface area contributed by atoms with Gasteiger partial charge in [-0.2, -0.15) is 0 Å². The van der Waals surface area contributed by atoms with Crippen LogP contribution < -0.4 is 5.73 Å². The van der Waals surface area contributed by atoms with Gasteiger partial charge in [0.25, 0.3) is 0 Å². The van der Waals surface area contributed by atoms with Crippen molar-refractivity contribution in [2.24, 2.45) is 23.5 Å². The van der Waals surface area contributed by atoms with Gasteiger partial charge in [0, 0.05) is 13.1 Å². The van der Waals surface area contributed by atoms with Crippen LogP contribution in [0.1, 0.15) is 44.9 Å². The van der Waals surface area contributed by atoms with Crippen molar-refractivity contribution in [1.29, 1.82) is 0 Å². The zero-order chi connectivity index (χ0) is 13.9. The molecule has 2 N–H and O–H groups in total. The maximum Gasteiger partial charge on any atom is 0.211 e. The molecule has 4 nitrogen and oxygen atoms in total. The molecule has 0 aromatic carbocycles. The number of rotatable bonds is 5. The first kappa shape index (κ1) is 15.3. The smallest absolute Gasteiger partial charge is 0.211 e. The molecule has 1 saturated carbocycles. The minimum absolute atomic E-state index is 0.512. The normalized spacial score (nSPS) is 28.6. The second-order valence-corrected chi connectivity index (χ2v) is 8.39. The van der Waals surface area contributed by atoms with Gasteiger partial charge in [0.15, 0.2) is 0 Å². The molecule has 0 radical (unpaired) electrons. The molecule has 5 heteroatoms. The first-order valence-electron chi connectivity index (χ1n) is 7.66. The van der Waals surface area contributed by atoms with Crippen molar-refractivity contribution >= 4 is 10.0 Å². The average Bonchev–Trinajstić information content (AvgIpc) is 2.89. The molecule has 1 aliphatic carbocycles. The van der Waals surface area contributed by atoms with Crippen LogP contribution in [0, 0.1) is 17.8 Å². The lowest BCUT2D eigenvalue weighted by Gasteiger charge is -2.34. The molecule has 1 saturated heterocycles. The molecule has 2 aliphatic rings. The van der Waals surface area contributed by atoms with Crippen LogP contribution in [0.15, 0.2) is 0 Å². The topological polar surface area (TPSA) is 63.4 Å². The molecule has 2 rings (SSSR count). The molecule has 2 fully saturated rings. The summed E-state index contributed by atoms with van der Waals surface area (Å²) < 4.78 is 24.9. The Balaban J connectivity index is 1.90. The van der Waals surface area contributed by atoms with E-state index < -0.39 is 10.0 Å². The first-order valence-corrected chi connectivity index (χ1v) is 9.50. The Morgan fingerprint density at radius 3 is 2.47 bits per heavy atom. The van der Waals surface area contributed by atoms with E-state index in [-0.39, 0.29) is 0 Å². The predicted molar refractivity (Wildman–Crippen MR) is 78.3 cm³/mol. The van der Waals surface area contributed by atoms with Crippen molar-refractivity contribution in [3.8, 4) is 0 Å². The van der Waals surface area contributed by atoms with Crippen LogP contribution in [0.25, 0.3) is 0 Å². The molecule has 0 aromatic rings. The fraction of sp³-hybridized carbons (Fsp3) is 1.00. The van der Waals surface area contributed by atoms with Gasteiger partial charge in [0.2, 0.25) is 10.0 Å². The van der Waals surface area contributed by atoms with Crippen molar-refractivity contribution in [3.05, 3.63) is 0 Å². The molecular weight excluding hydrogens is 260 g/mol. The summed E-state index contributed by atoms with van der Waals surface area (Å²) in [5, 5.41) is 0. The zero-order valence-electron chi connectivity index (χ0n) is 12.1. The minimum atomic E-state index is -3.02. The summed E-state index contributed by atoms with van der Waals surface area (Å²) in [5.74, 6) is 1.91. The maximum atomic E-state index is 11.6. The van der Waals surface area contributed by atoms with Crippen molar-refractivity contribution in [1.82, 2.24) is 4.31 Å². The number of hydrogen-bond acceptors (Lipinski definition) is 3. The Kier molecular flexibility index (Phi) is 5.26. The lowest BCUT2D eigenvalue weighted by molar-refractivity contribution is 0.202. The third kappa shape index (κ3) is 4.17. The Morgan fingerprint density at radius 2 is 1.89 bits per heavy atom. The Bertz CT molecular complexity index is 377. The second-order valence-electron chi connectivity index (χ2n) is 6.41. The lowest BCUT2D eigenvalue weighted by atomic mass is 9.81. The van der Waals surface area contributed by atoms with Crippen LogP contribution in [0.2, 0.25) is 0 Å². The fourth-order valence-corrected chi connectivity index (χ4v) is 4.80. The summed E-state index contributed by atoms with van der Waals surface area (Å²) in [5.41, 5.74) is 5.96. The van der Waals surface area contributed by atoms with Gasteiger partial charge in [-0.25, -0.2) is 12.7 Å². The molecule has 2 unspecified atom stereocenters. The molecule has 2 atom stereocenters. The molecule has 0 aromatic heterocycles. The van der Waals surface area contributed by atoms with Crippen LogP contribution in [0.4, 0.5) is 0 Å². The van der Waals surface area contributed by atoms with Gasteiger partial charge in [-0.3, -0.25) is 0 Å². The summed E-state index contributed by atoms with van der Waals surface area (Å²) in [4.78, 5) is 0. The number of hydrogen-bond donors (Lipinski definition) is 1. The quantitative estimate of drug-likeness (QED) is 0.839. The number of nitrogens with two attached hydrogens (primary N) is 1. The van der Waals surface area contributed by atoms with E-state index in [0.29, 0.717) is 24.9 Å². The molecule has 0 amide bonds. The van der Waals surface area contributed by atoms with E-state index in [1.165, 1.54) is 31.9 Å². The molecule has 1 aliphatic heterocycles. The Hall–Kier alpha value is -0.130. The molecule has 0 bridgehead atoms. The summed E-state index contributed by atoms with van der Waals surface area (Å²) in [6.07, 6.45) is 9.95. The van der Waals surface area contributed by atoms with E-state index in [1.807, 2.05) is 0 Å². The van der Waals surface area contributed by atoms with Gasteiger partial charge >= 0.3 is 0 Å². The summed E-state index contributed by atoms with van der Waals surface area (Å²) in [7, 11) is -3.02. The van der Waals surface area contributed by atoms with Gasteiger partial charge in [-0.05, 0) is 43.6 Å². The SMILES string of the molecule is CS(=O)(=O)N1CCCC(CC(CN)C2CCCC2)C1. The summed E-state index contributed by atoms with van der Waals surface area (Å²) in [6, 6.07) is 0. The number of nitrogens with zero attached hydrogens (tertiary/aromatic N) is 1. The van der Waals surface area contributed by atoms with Crippen LogP contribution in [-0.2, 0) is 10.0 Å². The van der Waals surface area contributed by atoms with Crippen molar-refractivity contribution in [3.63, 3.8) is 0 Å². The van der Waals surface area contributed by atoms with Crippen LogP contribution in [-0.4, -0.2) is 38.6 Å². The van der Waals surface area contributed by atoms with E-state index in [2.05, 4.69) is 0 Å². The van der Waals surface area contributed by atoms with Crippen LogP contribution in [0.5, 0.6) is 0 Å². The Morgan fingerprint density at radius 1 is 1.21 bits per heavy atom. The standard InChI is InChI=1S/C14H28N2O2S/c1-19(17,18)16-8-4-5-12(11-16)9-14(10-15)13-6-2-3-7-13/h12-14H,2-11,15H2,1H3. The lowest BCUT2D eigenvalue weighted by Crippen LogP contribution is -2.40. The largest absolute Gasteiger partial charge is 0.330 e. The van der Waals surface area contributed by atoms with Gasteiger partial charge in [0.05, 0.1) is 6.26 Å². The third-order valence-corrected chi connectivity index (χ3v) is 6.23. The summed E-state index contributed by atoms with van der Waals surface area (Å²) in [6.45, 7) is 2.17. The first-order chi connectivity index (χ1) is 9.00. The van der Waals surface area contributed by atoms with Crippen molar-refractivity contribution in [2.45, 2.75) is 44.9 Å². The molecule has 112 valence electrons.